The van der Waals surface area contributed by atoms with Crippen molar-refractivity contribution < 1.29 is 9.15 Å². The molecule has 0 spiro atoms. The number of benzene rings is 1. The quantitative estimate of drug-likeness (QED) is 0.594. The highest BCUT2D eigenvalue weighted by atomic mass is 79.9. The Balaban J connectivity index is 1.46. The normalized spacial score (nSPS) is 18.6. The fourth-order valence-corrected chi connectivity index (χ4v) is 3.93. The lowest BCUT2D eigenvalue weighted by Gasteiger charge is -2.32. The number of aryl methyl sites for hydroxylation is 1. The number of morpholine rings is 1. The molecule has 4 rings (SSSR count). The Hall–Kier alpha value is -1.47. The first-order valence-corrected chi connectivity index (χ1v) is 9.96. The van der Waals surface area contributed by atoms with E-state index in [0.29, 0.717) is 0 Å². The largest absolute Gasteiger partial charge is 0.440 e. The van der Waals surface area contributed by atoms with Crippen LogP contribution in [0.15, 0.2) is 50.7 Å². The summed E-state index contributed by atoms with van der Waals surface area (Å²) in [7, 11) is 0. The Morgan fingerprint density at radius 3 is 2.88 bits per heavy atom. The highest BCUT2D eigenvalue weighted by molar-refractivity contribution is 9.10. The minimum atomic E-state index is 0.103. The van der Waals surface area contributed by atoms with Gasteiger partial charge in [-0.3, -0.25) is 4.90 Å². The molecule has 4 nitrogen and oxygen atoms in total. The number of rotatable bonds is 4. The first-order chi connectivity index (χ1) is 12.2. The van der Waals surface area contributed by atoms with Crippen LogP contribution < -0.4 is 0 Å². The SMILES string of the molecule is Cc1oc(-c2cccs2)nc1CN1CCOC(c2ccc(Br)cc2)C1. The molecule has 1 aliphatic heterocycles. The minimum Gasteiger partial charge on any atom is -0.440 e. The monoisotopic (exact) mass is 418 g/mol. The molecule has 130 valence electrons. The van der Waals surface area contributed by atoms with E-state index in [1.807, 2.05) is 24.4 Å². The Bertz CT molecular complexity index is 830. The van der Waals surface area contributed by atoms with Gasteiger partial charge in [0.15, 0.2) is 0 Å². The Kier molecular flexibility index (Phi) is 5.03. The number of thiophene rings is 1. The lowest BCUT2D eigenvalue weighted by atomic mass is 10.1. The van der Waals surface area contributed by atoms with Gasteiger partial charge in [-0.15, -0.1) is 11.3 Å². The van der Waals surface area contributed by atoms with Crippen molar-refractivity contribution in [3.05, 3.63) is 63.3 Å². The highest BCUT2D eigenvalue weighted by Crippen LogP contribution is 2.28. The molecule has 1 aromatic carbocycles. The second-order valence-electron chi connectivity index (χ2n) is 6.15. The summed E-state index contributed by atoms with van der Waals surface area (Å²) in [5, 5.41) is 2.04. The van der Waals surface area contributed by atoms with Gasteiger partial charge in [0.2, 0.25) is 5.89 Å². The Morgan fingerprint density at radius 2 is 2.12 bits per heavy atom. The molecule has 1 unspecified atom stereocenters. The molecule has 2 aromatic heterocycles. The zero-order valence-corrected chi connectivity index (χ0v) is 16.3. The summed E-state index contributed by atoms with van der Waals surface area (Å²) in [6, 6.07) is 12.4. The average molecular weight is 419 g/mol. The minimum absolute atomic E-state index is 0.103. The van der Waals surface area contributed by atoms with Gasteiger partial charge in [0.25, 0.3) is 0 Å². The third-order valence-electron chi connectivity index (χ3n) is 4.39. The fourth-order valence-electron chi connectivity index (χ4n) is 3.02. The van der Waals surface area contributed by atoms with Crippen LogP contribution in [0.3, 0.4) is 0 Å². The van der Waals surface area contributed by atoms with Gasteiger partial charge < -0.3 is 9.15 Å². The smallest absolute Gasteiger partial charge is 0.236 e. The van der Waals surface area contributed by atoms with Crippen LogP contribution in [0, 0.1) is 6.92 Å². The van der Waals surface area contributed by atoms with E-state index in [1.165, 1.54) is 5.56 Å². The molecule has 3 heterocycles. The highest BCUT2D eigenvalue weighted by Gasteiger charge is 2.24. The predicted octanol–water partition coefficient (Wildman–Crippen LogP) is 5.05. The summed E-state index contributed by atoms with van der Waals surface area (Å²) in [4.78, 5) is 8.17. The van der Waals surface area contributed by atoms with Crippen molar-refractivity contribution in [2.24, 2.45) is 0 Å². The van der Waals surface area contributed by atoms with Crippen molar-refractivity contribution in [3.8, 4) is 10.8 Å². The number of halogens is 1. The van der Waals surface area contributed by atoms with Gasteiger partial charge in [-0.05, 0) is 36.1 Å². The molecule has 0 amide bonds. The van der Waals surface area contributed by atoms with Gasteiger partial charge >= 0.3 is 0 Å². The van der Waals surface area contributed by atoms with Crippen molar-refractivity contribution >= 4 is 27.3 Å². The van der Waals surface area contributed by atoms with Crippen LogP contribution in [0.1, 0.15) is 23.1 Å². The van der Waals surface area contributed by atoms with E-state index in [9.17, 15) is 0 Å². The van der Waals surface area contributed by atoms with Crippen LogP contribution in [0.25, 0.3) is 10.8 Å². The van der Waals surface area contributed by atoms with Crippen LogP contribution in [-0.2, 0) is 11.3 Å². The lowest BCUT2D eigenvalue weighted by Crippen LogP contribution is -2.38. The predicted molar refractivity (Wildman–Crippen MR) is 103 cm³/mol. The average Bonchev–Trinajstić information content (AvgIpc) is 3.26. The van der Waals surface area contributed by atoms with E-state index in [0.717, 1.165) is 52.9 Å². The molecule has 6 heteroatoms. The number of nitrogens with zero attached hydrogens (tertiary/aromatic N) is 2. The molecule has 0 bridgehead atoms. The van der Waals surface area contributed by atoms with Gasteiger partial charge in [0.1, 0.15) is 5.76 Å². The van der Waals surface area contributed by atoms with Crippen molar-refractivity contribution in [2.75, 3.05) is 19.7 Å². The van der Waals surface area contributed by atoms with Crippen LogP contribution in [0.4, 0.5) is 0 Å². The Morgan fingerprint density at radius 1 is 1.28 bits per heavy atom. The van der Waals surface area contributed by atoms with Crippen molar-refractivity contribution in [1.29, 1.82) is 0 Å². The van der Waals surface area contributed by atoms with Crippen LogP contribution in [0.2, 0.25) is 0 Å². The maximum absolute atomic E-state index is 5.97. The zero-order chi connectivity index (χ0) is 17.2. The first kappa shape index (κ1) is 17.0. The number of hydrogen-bond acceptors (Lipinski definition) is 5. The third-order valence-corrected chi connectivity index (χ3v) is 5.78. The summed E-state index contributed by atoms with van der Waals surface area (Å²) >= 11 is 5.13. The molecule has 1 fully saturated rings. The first-order valence-electron chi connectivity index (χ1n) is 8.28. The molecule has 1 atom stereocenters. The summed E-state index contributed by atoms with van der Waals surface area (Å²) < 4.78 is 12.9. The standard InChI is InChI=1S/C19H19BrN2O2S/c1-13-16(21-19(24-13)18-3-2-10-25-18)11-22-8-9-23-17(12-22)14-4-6-15(20)7-5-14/h2-7,10,17H,8-9,11-12H2,1H3. The number of aromatic nitrogens is 1. The molecule has 0 aliphatic carbocycles. The number of ether oxygens (including phenoxy) is 1. The molecule has 3 aromatic rings. The fraction of sp³-hybridized carbons (Fsp3) is 0.316. The third kappa shape index (κ3) is 3.87. The topological polar surface area (TPSA) is 38.5 Å². The summed E-state index contributed by atoms with van der Waals surface area (Å²) in [5.74, 6) is 1.62. The second kappa shape index (κ2) is 7.41. The second-order valence-corrected chi connectivity index (χ2v) is 8.01. The van der Waals surface area contributed by atoms with Gasteiger partial charge in [-0.25, -0.2) is 4.98 Å². The maximum Gasteiger partial charge on any atom is 0.236 e. The zero-order valence-electron chi connectivity index (χ0n) is 13.9. The van der Waals surface area contributed by atoms with Crippen molar-refractivity contribution in [2.45, 2.75) is 19.6 Å². The maximum atomic E-state index is 5.97. The molecule has 0 N–H and O–H groups in total. The van der Waals surface area contributed by atoms with Crippen LogP contribution in [-0.4, -0.2) is 29.6 Å². The Labute approximate surface area is 159 Å². The van der Waals surface area contributed by atoms with Gasteiger partial charge in [-0.1, -0.05) is 34.1 Å². The lowest BCUT2D eigenvalue weighted by molar-refractivity contribution is -0.0333. The number of oxazole rings is 1. The molecule has 1 aliphatic rings. The summed E-state index contributed by atoms with van der Waals surface area (Å²) in [6.45, 7) is 5.29. The van der Waals surface area contributed by atoms with E-state index in [4.69, 9.17) is 14.1 Å². The van der Waals surface area contributed by atoms with Crippen molar-refractivity contribution in [3.63, 3.8) is 0 Å². The van der Waals surface area contributed by atoms with Gasteiger partial charge in [-0.2, -0.15) is 0 Å². The summed E-state index contributed by atoms with van der Waals surface area (Å²) in [5.41, 5.74) is 2.23. The van der Waals surface area contributed by atoms with Gasteiger partial charge in [0.05, 0.1) is 23.3 Å². The van der Waals surface area contributed by atoms with Crippen LogP contribution in [0.5, 0.6) is 0 Å². The number of hydrogen-bond donors (Lipinski definition) is 0. The van der Waals surface area contributed by atoms with E-state index in [-0.39, 0.29) is 6.10 Å². The molecular formula is C19H19BrN2O2S. The van der Waals surface area contributed by atoms with Gasteiger partial charge in [0, 0.05) is 24.1 Å². The molecule has 0 radical (unpaired) electrons. The summed E-state index contributed by atoms with van der Waals surface area (Å²) in [6.07, 6.45) is 0.103. The molecule has 1 saturated heterocycles. The van der Waals surface area contributed by atoms with E-state index in [1.54, 1.807) is 11.3 Å². The van der Waals surface area contributed by atoms with Crippen LogP contribution >= 0.6 is 27.3 Å². The molecule has 0 saturated carbocycles. The van der Waals surface area contributed by atoms with Crippen molar-refractivity contribution in [1.82, 2.24) is 9.88 Å². The van der Waals surface area contributed by atoms with E-state index >= 15 is 0 Å². The van der Waals surface area contributed by atoms with E-state index < -0.39 is 0 Å². The molecule has 25 heavy (non-hydrogen) atoms. The van der Waals surface area contributed by atoms with E-state index in [2.05, 4.69) is 45.1 Å². The molecular weight excluding hydrogens is 400 g/mol.